The molecule has 0 radical (unpaired) electrons. The van der Waals surface area contributed by atoms with Crippen LogP contribution in [0.5, 0.6) is 0 Å². The van der Waals surface area contributed by atoms with Crippen molar-refractivity contribution >= 4 is 15.8 Å². The molecule has 0 aliphatic heterocycles. The van der Waals surface area contributed by atoms with E-state index in [1.165, 1.54) is 42.5 Å². The SMILES string of the molecule is Cc1c(CCOC(=O)c2ccc(F)cc2)c(-c2cccc(S(C)(=O)=O)c2)cn1-c1ccc(F)cc1. The first-order chi connectivity index (χ1) is 16.6. The van der Waals surface area contributed by atoms with E-state index in [0.29, 0.717) is 12.0 Å². The Morgan fingerprint density at radius 2 is 1.57 bits per heavy atom. The van der Waals surface area contributed by atoms with E-state index in [1.807, 2.05) is 23.8 Å². The zero-order valence-electron chi connectivity index (χ0n) is 19.2. The third-order valence-corrected chi connectivity index (χ3v) is 6.83. The molecule has 0 bridgehead atoms. The molecule has 8 heteroatoms. The Kier molecular flexibility index (Phi) is 6.84. The molecule has 1 aromatic heterocycles. The quantitative estimate of drug-likeness (QED) is 0.316. The van der Waals surface area contributed by atoms with Crippen molar-refractivity contribution < 1.29 is 26.7 Å². The minimum atomic E-state index is -3.41. The second-order valence-electron chi connectivity index (χ2n) is 8.15. The van der Waals surface area contributed by atoms with E-state index in [9.17, 15) is 22.0 Å². The standard InChI is InChI=1S/C27H23F2NO4S/c1-18-25(14-15-34-27(31)19-6-8-21(28)9-7-19)26(17-30(18)23-12-10-22(29)11-13-23)20-4-3-5-24(16-20)35(2,32)33/h3-13,16-17H,14-15H2,1-2H3. The third-order valence-electron chi connectivity index (χ3n) is 5.72. The van der Waals surface area contributed by atoms with Crippen molar-refractivity contribution in [3.63, 3.8) is 0 Å². The number of hydrogen-bond donors (Lipinski definition) is 0. The highest BCUT2D eigenvalue weighted by molar-refractivity contribution is 7.90. The van der Waals surface area contributed by atoms with Crippen LogP contribution in [0.3, 0.4) is 0 Å². The highest BCUT2D eigenvalue weighted by Gasteiger charge is 2.18. The largest absolute Gasteiger partial charge is 0.462 e. The maximum Gasteiger partial charge on any atom is 0.338 e. The van der Waals surface area contributed by atoms with E-state index in [2.05, 4.69) is 0 Å². The normalized spacial score (nSPS) is 11.4. The van der Waals surface area contributed by atoms with Gasteiger partial charge in [0.25, 0.3) is 0 Å². The summed E-state index contributed by atoms with van der Waals surface area (Å²) in [7, 11) is -3.41. The number of sulfone groups is 1. The first-order valence-corrected chi connectivity index (χ1v) is 12.7. The fourth-order valence-electron chi connectivity index (χ4n) is 3.89. The summed E-state index contributed by atoms with van der Waals surface area (Å²) in [5.41, 5.74) is 4.14. The van der Waals surface area contributed by atoms with Crippen LogP contribution in [0.15, 0.2) is 83.9 Å². The molecule has 5 nitrogen and oxygen atoms in total. The predicted octanol–water partition coefficient (Wildman–Crippen LogP) is 5.53. The van der Waals surface area contributed by atoms with Gasteiger partial charge in [0.05, 0.1) is 17.1 Å². The van der Waals surface area contributed by atoms with Gasteiger partial charge in [0, 0.05) is 35.8 Å². The molecule has 0 N–H and O–H groups in total. The van der Waals surface area contributed by atoms with Crippen LogP contribution in [0.1, 0.15) is 21.6 Å². The van der Waals surface area contributed by atoms with Crippen molar-refractivity contribution in [1.82, 2.24) is 4.57 Å². The van der Waals surface area contributed by atoms with E-state index in [-0.39, 0.29) is 22.9 Å². The molecule has 4 rings (SSSR count). The molecule has 0 saturated carbocycles. The number of carbonyl (C=O) groups excluding carboxylic acids is 1. The van der Waals surface area contributed by atoms with Gasteiger partial charge in [0.2, 0.25) is 0 Å². The van der Waals surface area contributed by atoms with E-state index in [0.717, 1.165) is 28.8 Å². The lowest BCUT2D eigenvalue weighted by atomic mass is 10.0. The van der Waals surface area contributed by atoms with Crippen molar-refractivity contribution in [2.24, 2.45) is 0 Å². The number of aromatic nitrogens is 1. The van der Waals surface area contributed by atoms with E-state index in [4.69, 9.17) is 4.74 Å². The van der Waals surface area contributed by atoms with Crippen LogP contribution < -0.4 is 0 Å². The highest BCUT2D eigenvalue weighted by Crippen LogP contribution is 2.32. The second-order valence-corrected chi connectivity index (χ2v) is 10.2. The molecule has 1 heterocycles. The second kappa shape index (κ2) is 9.84. The van der Waals surface area contributed by atoms with Gasteiger partial charge in [0.15, 0.2) is 9.84 Å². The summed E-state index contributed by atoms with van der Waals surface area (Å²) in [5.74, 6) is -1.37. The Morgan fingerprint density at radius 3 is 2.20 bits per heavy atom. The zero-order valence-corrected chi connectivity index (χ0v) is 20.0. The van der Waals surface area contributed by atoms with Gasteiger partial charge < -0.3 is 9.30 Å². The fraction of sp³-hybridized carbons (Fsp3) is 0.148. The fourth-order valence-corrected chi connectivity index (χ4v) is 4.55. The number of benzene rings is 3. The first-order valence-electron chi connectivity index (χ1n) is 10.8. The van der Waals surface area contributed by atoms with Crippen molar-refractivity contribution in [3.05, 3.63) is 107 Å². The molecule has 0 unspecified atom stereocenters. The summed E-state index contributed by atoms with van der Waals surface area (Å²) < 4.78 is 58.1. The number of carbonyl (C=O) groups is 1. The topological polar surface area (TPSA) is 65.4 Å². The van der Waals surface area contributed by atoms with Crippen molar-refractivity contribution in [1.29, 1.82) is 0 Å². The summed E-state index contributed by atoms with van der Waals surface area (Å²) in [4.78, 5) is 12.5. The number of esters is 1. The zero-order chi connectivity index (χ0) is 25.2. The Labute approximate surface area is 202 Å². The van der Waals surface area contributed by atoms with Crippen molar-refractivity contribution in [3.8, 4) is 16.8 Å². The molecule has 4 aromatic rings. The Hall–Kier alpha value is -3.78. The molecule has 35 heavy (non-hydrogen) atoms. The molecule has 0 atom stereocenters. The summed E-state index contributed by atoms with van der Waals surface area (Å²) in [6.07, 6.45) is 3.36. The van der Waals surface area contributed by atoms with Crippen LogP contribution >= 0.6 is 0 Å². The number of rotatable bonds is 7. The lowest BCUT2D eigenvalue weighted by Gasteiger charge is -2.10. The number of nitrogens with zero attached hydrogens (tertiary/aromatic N) is 1. The summed E-state index contributed by atoms with van der Waals surface area (Å²) in [5, 5.41) is 0. The van der Waals surface area contributed by atoms with Crippen molar-refractivity contribution in [2.75, 3.05) is 12.9 Å². The third kappa shape index (κ3) is 5.49. The summed E-state index contributed by atoms with van der Waals surface area (Å²) in [6, 6.07) is 17.8. The van der Waals surface area contributed by atoms with Crippen LogP contribution in [0.25, 0.3) is 16.8 Å². The van der Waals surface area contributed by atoms with E-state index >= 15 is 0 Å². The van der Waals surface area contributed by atoms with E-state index < -0.39 is 21.6 Å². The molecule has 3 aromatic carbocycles. The van der Waals surface area contributed by atoms with Crippen LogP contribution in [-0.4, -0.2) is 31.8 Å². The van der Waals surface area contributed by atoms with Gasteiger partial charge in [-0.15, -0.1) is 0 Å². The van der Waals surface area contributed by atoms with Gasteiger partial charge in [-0.2, -0.15) is 0 Å². The smallest absolute Gasteiger partial charge is 0.338 e. The maximum absolute atomic E-state index is 13.5. The number of hydrogen-bond acceptors (Lipinski definition) is 4. The molecule has 0 fully saturated rings. The van der Waals surface area contributed by atoms with Crippen molar-refractivity contribution in [2.45, 2.75) is 18.2 Å². The van der Waals surface area contributed by atoms with Crippen LogP contribution in [0.4, 0.5) is 8.78 Å². The average molecular weight is 496 g/mol. The van der Waals surface area contributed by atoms with Gasteiger partial charge in [-0.25, -0.2) is 22.0 Å². The Bertz CT molecular complexity index is 1470. The predicted molar refractivity (Wildman–Crippen MR) is 129 cm³/mol. The van der Waals surface area contributed by atoms with Gasteiger partial charge in [0.1, 0.15) is 11.6 Å². The first kappa shape index (κ1) is 24.3. The monoisotopic (exact) mass is 495 g/mol. The molecular weight excluding hydrogens is 472 g/mol. The minimum Gasteiger partial charge on any atom is -0.462 e. The van der Waals surface area contributed by atoms with Crippen LogP contribution in [-0.2, 0) is 21.0 Å². The van der Waals surface area contributed by atoms with Gasteiger partial charge >= 0.3 is 5.97 Å². The summed E-state index contributed by atoms with van der Waals surface area (Å²) in [6.45, 7) is 1.95. The highest BCUT2D eigenvalue weighted by atomic mass is 32.2. The average Bonchev–Trinajstić information content (AvgIpc) is 3.15. The summed E-state index contributed by atoms with van der Waals surface area (Å²) >= 11 is 0. The number of halogens is 2. The van der Waals surface area contributed by atoms with Crippen LogP contribution in [0, 0.1) is 18.6 Å². The molecule has 180 valence electrons. The lowest BCUT2D eigenvalue weighted by molar-refractivity contribution is 0.0509. The maximum atomic E-state index is 13.5. The molecule has 0 amide bonds. The molecule has 0 aliphatic carbocycles. The number of ether oxygens (including phenoxy) is 1. The molecule has 0 saturated heterocycles. The lowest BCUT2D eigenvalue weighted by Crippen LogP contribution is -2.09. The van der Waals surface area contributed by atoms with Gasteiger partial charge in [-0.05, 0) is 78.7 Å². The van der Waals surface area contributed by atoms with Gasteiger partial charge in [-0.3, -0.25) is 0 Å². The minimum absolute atomic E-state index is 0.0588. The Balaban J connectivity index is 1.68. The van der Waals surface area contributed by atoms with Gasteiger partial charge in [-0.1, -0.05) is 12.1 Å². The molecule has 0 aliphatic rings. The van der Waals surface area contributed by atoms with E-state index in [1.54, 1.807) is 24.3 Å². The molecule has 0 spiro atoms. The van der Waals surface area contributed by atoms with Crippen LogP contribution in [0.2, 0.25) is 0 Å². The Morgan fingerprint density at radius 1 is 0.943 bits per heavy atom. The molecular formula is C27H23F2NO4S.